The van der Waals surface area contributed by atoms with Gasteiger partial charge in [0.25, 0.3) is 5.56 Å². The summed E-state index contributed by atoms with van der Waals surface area (Å²) in [5.74, 6) is 0. The van der Waals surface area contributed by atoms with E-state index in [4.69, 9.17) is 18.0 Å². The van der Waals surface area contributed by atoms with Gasteiger partial charge in [0.2, 0.25) is 0 Å². The third-order valence-corrected chi connectivity index (χ3v) is 2.63. The molecule has 0 aliphatic carbocycles. The molecule has 2 aromatic rings. The molecule has 0 amide bonds. The van der Waals surface area contributed by atoms with Crippen molar-refractivity contribution >= 4 is 28.1 Å². The number of rotatable bonds is 4. The summed E-state index contributed by atoms with van der Waals surface area (Å²) in [6.07, 6.45) is 1.30. The lowest BCUT2D eigenvalue weighted by Crippen LogP contribution is -2.24. The van der Waals surface area contributed by atoms with E-state index in [1.807, 2.05) is 12.1 Å². The maximum Gasteiger partial charge on any atom is 0.277 e. The lowest BCUT2D eigenvalue weighted by Gasteiger charge is -2.03. The Labute approximate surface area is 103 Å². The van der Waals surface area contributed by atoms with Gasteiger partial charge in [0.15, 0.2) is 0 Å². The lowest BCUT2D eigenvalue weighted by atomic mass is 10.2. The maximum atomic E-state index is 12.0. The van der Waals surface area contributed by atoms with Crippen LogP contribution in [0.25, 0.3) is 10.9 Å². The number of nitrogens with two attached hydrogens (primary N) is 1. The first-order chi connectivity index (χ1) is 8.18. The average Bonchev–Trinajstić information content (AvgIpc) is 2.32. The average molecular weight is 248 g/mol. The second kappa shape index (κ2) is 5.01. The molecule has 2 rings (SSSR count). The van der Waals surface area contributed by atoms with Crippen molar-refractivity contribution in [3.05, 3.63) is 34.6 Å². The van der Waals surface area contributed by atoms with Gasteiger partial charge in [-0.3, -0.25) is 4.79 Å². The van der Waals surface area contributed by atoms with Crippen molar-refractivity contribution in [1.82, 2.24) is 15.0 Å². The molecule has 0 saturated heterocycles. The summed E-state index contributed by atoms with van der Waals surface area (Å²) in [5, 5.41) is 8.44. The summed E-state index contributed by atoms with van der Waals surface area (Å²) in [6.45, 7) is 0.480. The highest BCUT2D eigenvalue weighted by Crippen LogP contribution is 2.03. The topological polar surface area (TPSA) is 73.8 Å². The van der Waals surface area contributed by atoms with E-state index < -0.39 is 0 Å². The maximum absolute atomic E-state index is 12.0. The molecule has 0 aliphatic rings. The lowest BCUT2D eigenvalue weighted by molar-refractivity contribution is 0.532. The predicted molar refractivity (Wildman–Crippen MR) is 69.8 cm³/mol. The molecule has 0 aliphatic heterocycles. The van der Waals surface area contributed by atoms with Crippen molar-refractivity contribution < 1.29 is 0 Å². The van der Waals surface area contributed by atoms with E-state index in [9.17, 15) is 4.79 Å². The SMILES string of the molecule is NC(=S)CCCn1nnc2ccccc2c1=O. The van der Waals surface area contributed by atoms with Gasteiger partial charge in [-0.05, 0) is 25.0 Å². The minimum atomic E-state index is -0.126. The van der Waals surface area contributed by atoms with Crippen LogP contribution in [0.15, 0.2) is 29.1 Å². The van der Waals surface area contributed by atoms with E-state index in [0.29, 0.717) is 35.3 Å². The van der Waals surface area contributed by atoms with Crippen LogP contribution in [0.5, 0.6) is 0 Å². The Bertz CT molecular complexity index is 608. The first-order valence-electron chi connectivity index (χ1n) is 5.29. The number of aromatic nitrogens is 3. The van der Waals surface area contributed by atoms with Gasteiger partial charge in [0, 0.05) is 6.54 Å². The van der Waals surface area contributed by atoms with Gasteiger partial charge >= 0.3 is 0 Å². The predicted octanol–water partition coefficient (Wildman–Crippen LogP) is 0.858. The van der Waals surface area contributed by atoms with Crippen LogP contribution in [0.1, 0.15) is 12.8 Å². The fraction of sp³-hybridized carbons (Fsp3) is 0.273. The zero-order chi connectivity index (χ0) is 12.3. The zero-order valence-corrected chi connectivity index (χ0v) is 9.98. The molecule has 1 heterocycles. The van der Waals surface area contributed by atoms with E-state index in [2.05, 4.69) is 10.3 Å². The highest BCUT2D eigenvalue weighted by molar-refractivity contribution is 7.80. The quantitative estimate of drug-likeness (QED) is 0.812. The number of hydrogen-bond acceptors (Lipinski definition) is 4. The minimum absolute atomic E-state index is 0.126. The molecule has 1 aromatic heterocycles. The molecule has 0 unspecified atom stereocenters. The van der Waals surface area contributed by atoms with Crippen molar-refractivity contribution in [2.45, 2.75) is 19.4 Å². The van der Waals surface area contributed by atoms with E-state index in [1.165, 1.54) is 4.68 Å². The summed E-state index contributed by atoms with van der Waals surface area (Å²) >= 11 is 4.78. The first kappa shape index (κ1) is 11.7. The van der Waals surface area contributed by atoms with Gasteiger partial charge in [-0.25, -0.2) is 4.68 Å². The molecule has 1 aromatic carbocycles. The molecule has 2 N–H and O–H groups in total. The Morgan fingerprint density at radius 3 is 2.94 bits per heavy atom. The zero-order valence-electron chi connectivity index (χ0n) is 9.17. The Hall–Kier alpha value is -1.82. The Kier molecular flexibility index (Phi) is 3.43. The Morgan fingerprint density at radius 1 is 1.41 bits per heavy atom. The molecule has 6 heteroatoms. The number of thiocarbonyl (C=S) groups is 1. The molecule has 0 saturated carbocycles. The first-order valence-corrected chi connectivity index (χ1v) is 5.70. The van der Waals surface area contributed by atoms with Gasteiger partial charge in [-0.2, -0.15) is 0 Å². The molecule has 0 spiro atoms. The van der Waals surface area contributed by atoms with Crippen molar-refractivity contribution in [2.75, 3.05) is 0 Å². The standard InChI is InChI=1S/C11H12N4OS/c12-10(17)6-3-7-15-11(16)8-4-1-2-5-9(8)13-14-15/h1-2,4-5H,3,6-7H2,(H2,12,17). The molecule has 0 fully saturated rings. The largest absolute Gasteiger partial charge is 0.393 e. The van der Waals surface area contributed by atoms with E-state index in [0.717, 1.165) is 0 Å². The highest BCUT2D eigenvalue weighted by atomic mass is 32.1. The van der Waals surface area contributed by atoms with Crippen molar-refractivity contribution in [3.63, 3.8) is 0 Å². The minimum Gasteiger partial charge on any atom is -0.393 e. The second-order valence-electron chi connectivity index (χ2n) is 3.70. The molecule has 0 radical (unpaired) electrons. The van der Waals surface area contributed by atoms with Crippen molar-refractivity contribution in [3.8, 4) is 0 Å². The second-order valence-corrected chi connectivity index (χ2v) is 4.23. The van der Waals surface area contributed by atoms with Crippen molar-refractivity contribution in [2.24, 2.45) is 5.73 Å². The van der Waals surface area contributed by atoms with Crippen molar-refractivity contribution in [1.29, 1.82) is 0 Å². The Morgan fingerprint density at radius 2 is 2.18 bits per heavy atom. The van der Waals surface area contributed by atoms with Crippen LogP contribution in [0.3, 0.4) is 0 Å². The number of benzene rings is 1. The van der Waals surface area contributed by atoms with Crippen LogP contribution in [-0.2, 0) is 6.54 Å². The van der Waals surface area contributed by atoms with E-state index in [-0.39, 0.29) is 5.56 Å². The molecule has 17 heavy (non-hydrogen) atoms. The van der Waals surface area contributed by atoms with Crippen LogP contribution in [0.4, 0.5) is 0 Å². The smallest absolute Gasteiger partial charge is 0.277 e. The third kappa shape index (κ3) is 2.65. The fourth-order valence-corrected chi connectivity index (χ4v) is 1.72. The molecular formula is C11H12N4OS. The van der Waals surface area contributed by atoms with E-state index >= 15 is 0 Å². The number of nitrogens with zero attached hydrogens (tertiary/aromatic N) is 3. The molecule has 0 bridgehead atoms. The molecule has 5 nitrogen and oxygen atoms in total. The summed E-state index contributed by atoms with van der Waals surface area (Å²) in [6, 6.07) is 7.15. The summed E-state index contributed by atoms with van der Waals surface area (Å²) < 4.78 is 1.35. The monoisotopic (exact) mass is 248 g/mol. The van der Waals surface area contributed by atoms with Gasteiger partial charge in [-0.1, -0.05) is 29.6 Å². The van der Waals surface area contributed by atoms with Gasteiger partial charge in [0.05, 0.1) is 10.4 Å². The van der Waals surface area contributed by atoms with Gasteiger partial charge in [0.1, 0.15) is 5.52 Å². The number of aryl methyl sites for hydroxylation is 1. The molecular weight excluding hydrogens is 236 g/mol. The van der Waals surface area contributed by atoms with Crippen LogP contribution in [-0.4, -0.2) is 20.0 Å². The molecule has 88 valence electrons. The van der Waals surface area contributed by atoms with Crippen LogP contribution >= 0.6 is 12.2 Å². The number of fused-ring (bicyclic) bond motifs is 1. The number of hydrogen-bond donors (Lipinski definition) is 1. The summed E-state index contributed by atoms with van der Waals surface area (Å²) in [5.41, 5.74) is 5.88. The van der Waals surface area contributed by atoms with Crippen LogP contribution < -0.4 is 11.3 Å². The fourth-order valence-electron chi connectivity index (χ4n) is 1.57. The van der Waals surface area contributed by atoms with Gasteiger partial charge < -0.3 is 5.73 Å². The third-order valence-electron chi connectivity index (χ3n) is 2.42. The summed E-state index contributed by atoms with van der Waals surface area (Å²) in [4.78, 5) is 12.5. The summed E-state index contributed by atoms with van der Waals surface area (Å²) in [7, 11) is 0. The van der Waals surface area contributed by atoms with Crippen LogP contribution in [0, 0.1) is 0 Å². The Balaban J connectivity index is 2.27. The van der Waals surface area contributed by atoms with Gasteiger partial charge in [-0.15, -0.1) is 5.10 Å². The van der Waals surface area contributed by atoms with Crippen LogP contribution in [0.2, 0.25) is 0 Å². The van der Waals surface area contributed by atoms with E-state index in [1.54, 1.807) is 12.1 Å². The molecule has 0 atom stereocenters. The highest BCUT2D eigenvalue weighted by Gasteiger charge is 2.04. The normalized spacial score (nSPS) is 10.6.